The molecule has 0 saturated carbocycles. The molecule has 0 saturated heterocycles. The van der Waals surface area contributed by atoms with Gasteiger partial charge in [-0.3, -0.25) is 9.59 Å². The van der Waals surface area contributed by atoms with Crippen LogP contribution in [-0.4, -0.2) is 25.7 Å². The zero-order chi connectivity index (χ0) is 11.0. The third-order valence-electron chi connectivity index (χ3n) is 1.96. The molecule has 0 aliphatic heterocycles. The average molecular weight is 198 g/mol. The first-order chi connectivity index (χ1) is 6.69. The van der Waals surface area contributed by atoms with Crippen molar-refractivity contribution in [1.82, 2.24) is 0 Å². The third-order valence-corrected chi connectivity index (χ3v) is 1.96. The van der Waals surface area contributed by atoms with E-state index < -0.39 is 5.97 Å². The fraction of sp³-hybridized carbons (Fsp3) is 0.500. The maximum absolute atomic E-state index is 11.0. The van der Waals surface area contributed by atoms with Gasteiger partial charge in [-0.25, -0.2) is 0 Å². The van der Waals surface area contributed by atoms with Crippen LogP contribution < -0.4 is 0 Å². The number of carbonyl (C=O) groups is 3. The predicted octanol–water partition coefficient (Wildman–Crippen LogP) is 0.900. The Labute approximate surface area is 82.9 Å². The first-order valence-corrected chi connectivity index (χ1v) is 4.31. The SMILES string of the molecule is C/C=C(/C=O)C(CC=O)CC(=O)OC. The lowest BCUT2D eigenvalue weighted by atomic mass is 9.93. The van der Waals surface area contributed by atoms with Crippen LogP contribution in [0, 0.1) is 5.92 Å². The van der Waals surface area contributed by atoms with Crippen LogP contribution in [0.25, 0.3) is 0 Å². The molecule has 0 amide bonds. The Morgan fingerprint density at radius 2 is 2.07 bits per heavy atom. The van der Waals surface area contributed by atoms with Gasteiger partial charge in [0.15, 0.2) is 0 Å². The lowest BCUT2D eigenvalue weighted by Gasteiger charge is -2.11. The molecule has 4 heteroatoms. The molecule has 1 atom stereocenters. The van der Waals surface area contributed by atoms with Crippen molar-refractivity contribution in [2.75, 3.05) is 7.11 Å². The van der Waals surface area contributed by atoms with Crippen molar-refractivity contribution < 1.29 is 19.1 Å². The molecule has 14 heavy (non-hydrogen) atoms. The van der Waals surface area contributed by atoms with Gasteiger partial charge in [0.1, 0.15) is 12.6 Å². The van der Waals surface area contributed by atoms with Crippen molar-refractivity contribution in [3.05, 3.63) is 11.6 Å². The van der Waals surface area contributed by atoms with Crippen LogP contribution in [0.3, 0.4) is 0 Å². The van der Waals surface area contributed by atoms with E-state index in [0.717, 1.165) is 0 Å². The monoisotopic (exact) mass is 198 g/mol. The van der Waals surface area contributed by atoms with Crippen molar-refractivity contribution in [2.45, 2.75) is 19.8 Å². The number of ether oxygens (including phenoxy) is 1. The quantitative estimate of drug-likeness (QED) is 0.361. The average Bonchev–Trinajstić information content (AvgIpc) is 2.19. The second-order valence-electron chi connectivity index (χ2n) is 2.79. The van der Waals surface area contributed by atoms with Crippen LogP contribution in [0.2, 0.25) is 0 Å². The minimum absolute atomic E-state index is 0.0631. The van der Waals surface area contributed by atoms with Crippen molar-refractivity contribution in [2.24, 2.45) is 5.92 Å². The van der Waals surface area contributed by atoms with Crippen LogP contribution in [0.5, 0.6) is 0 Å². The van der Waals surface area contributed by atoms with E-state index >= 15 is 0 Å². The van der Waals surface area contributed by atoms with Gasteiger partial charge in [0.05, 0.1) is 13.5 Å². The van der Waals surface area contributed by atoms with Gasteiger partial charge in [0.25, 0.3) is 0 Å². The zero-order valence-corrected chi connectivity index (χ0v) is 8.36. The van der Waals surface area contributed by atoms with E-state index in [1.807, 2.05) is 0 Å². The number of methoxy groups -OCH3 is 1. The molecule has 0 spiro atoms. The first-order valence-electron chi connectivity index (χ1n) is 4.31. The van der Waals surface area contributed by atoms with Gasteiger partial charge in [-0.05, 0) is 12.5 Å². The highest BCUT2D eigenvalue weighted by Crippen LogP contribution is 2.17. The summed E-state index contributed by atoms with van der Waals surface area (Å²) in [5.74, 6) is -0.777. The Morgan fingerprint density at radius 3 is 2.43 bits per heavy atom. The van der Waals surface area contributed by atoms with Crippen molar-refractivity contribution in [1.29, 1.82) is 0 Å². The minimum Gasteiger partial charge on any atom is -0.469 e. The topological polar surface area (TPSA) is 60.4 Å². The fourth-order valence-electron chi connectivity index (χ4n) is 1.14. The van der Waals surface area contributed by atoms with Crippen molar-refractivity contribution in [3.8, 4) is 0 Å². The smallest absolute Gasteiger partial charge is 0.306 e. The lowest BCUT2D eigenvalue weighted by molar-refractivity contribution is -0.141. The summed E-state index contributed by atoms with van der Waals surface area (Å²) in [6, 6.07) is 0. The van der Waals surface area contributed by atoms with Crippen molar-refractivity contribution >= 4 is 18.5 Å². The number of allylic oxidation sites excluding steroid dienone is 2. The predicted molar refractivity (Wildman–Crippen MR) is 50.6 cm³/mol. The van der Waals surface area contributed by atoms with E-state index in [-0.39, 0.29) is 18.8 Å². The maximum Gasteiger partial charge on any atom is 0.306 e. The number of rotatable bonds is 6. The molecular formula is C10H14O4. The highest BCUT2D eigenvalue weighted by molar-refractivity contribution is 5.78. The highest BCUT2D eigenvalue weighted by atomic mass is 16.5. The second kappa shape index (κ2) is 7.00. The lowest BCUT2D eigenvalue weighted by Crippen LogP contribution is -2.13. The molecule has 4 nitrogen and oxygen atoms in total. The Balaban J connectivity index is 4.49. The molecule has 78 valence electrons. The van der Waals surface area contributed by atoms with Gasteiger partial charge in [-0.15, -0.1) is 0 Å². The van der Waals surface area contributed by atoms with Crippen LogP contribution in [0.4, 0.5) is 0 Å². The molecular weight excluding hydrogens is 184 g/mol. The molecule has 0 aliphatic rings. The molecule has 0 heterocycles. The number of esters is 1. The summed E-state index contributed by atoms with van der Waals surface area (Å²) in [5.41, 5.74) is 0.461. The molecule has 1 unspecified atom stereocenters. The summed E-state index contributed by atoms with van der Waals surface area (Å²) < 4.78 is 4.47. The normalized spacial score (nSPS) is 13.1. The van der Waals surface area contributed by atoms with E-state index in [2.05, 4.69) is 4.74 Å². The second-order valence-corrected chi connectivity index (χ2v) is 2.79. The summed E-state index contributed by atoms with van der Waals surface area (Å²) in [6.07, 6.45) is 3.18. The maximum atomic E-state index is 11.0. The van der Waals surface area contributed by atoms with Crippen LogP contribution in [-0.2, 0) is 19.1 Å². The standard InChI is InChI=1S/C10H14O4/c1-3-8(7-12)9(4-5-11)6-10(13)14-2/h3,5,7,9H,4,6H2,1-2H3/b8-3-. The number of carbonyl (C=O) groups excluding carboxylic acids is 3. The Morgan fingerprint density at radius 1 is 1.43 bits per heavy atom. The van der Waals surface area contributed by atoms with Crippen LogP contribution in [0.15, 0.2) is 11.6 Å². The van der Waals surface area contributed by atoms with Crippen LogP contribution >= 0.6 is 0 Å². The van der Waals surface area contributed by atoms with Gasteiger partial charge in [0, 0.05) is 12.3 Å². The molecule has 0 bridgehead atoms. The van der Waals surface area contributed by atoms with E-state index in [4.69, 9.17) is 0 Å². The van der Waals surface area contributed by atoms with E-state index in [9.17, 15) is 14.4 Å². The minimum atomic E-state index is -0.418. The van der Waals surface area contributed by atoms with Crippen LogP contribution in [0.1, 0.15) is 19.8 Å². The molecule has 0 aromatic rings. The summed E-state index contributed by atoms with van der Waals surface area (Å²) in [7, 11) is 1.27. The van der Waals surface area contributed by atoms with Crippen molar-refractivity contribution in [3.63, 3.8) is 0 Å². The molecule has 0 fully saturated rings. The van der Waals surface area contributed by atoms with Gasteiger partial charge in [0.2, 0.25) is 0 Å². The number of hydrogen-bond donors (Lipinski definition) is 0. The Kier molecular flexibility index (Phi) is 6.28. The van der Waals surface area contributed by atoms with E-state index in [1.54, 1.807) is 13.0 Å². The summed E-state index contributed by atoms with van der Waals surface area (Å²) in [4.78, 5) is 31.9. The Hall–Kier alpha value is -1.45. The molecule has 0 rings (SSSR count). The largest absolute Gasteiger partial charge is 0.469 e. The van der Waals surface area contributed by atoms with Gasteiger partial charge >= 0.3 is 5.97 Å². The molecule has 0 aliphatic carbocycles. The van der Waals surface area contributed by atoms with E-state index in [1.165, 1.54) is 7.11 Å². The summed E-state index contributed by atoms with van der Waals surface area (Å²) in [5, 5.41) is 0. The van der Waals surface area contributed by atoms with Gasteiger partial charge in [-0.2, -0.15) is 0 Å². The first kappa shape index (κ1) is 12.6. The summed E-state index contributed by atoms with van der Waals surface area (Å²) >= 11 is 0. The molecule has 0 aromatic carbocycles. The number of aldehydes is 2. The fourth-order valence-corrected chi connectivity index (χ4v) is 1.14. The molecule has 0 N–H and O–H groups in total. The van der Waals surface area contributed by atoms with E-state index in [0.29, 0.717) is 18.1 Å². The third kappa shape index (κ3) is 3.98. The molecule has 0 radical (unpaired) electrons. The summed E-state index contributed by atoms with van der Waals surface area (Å²) in [6.45, 7) is 1.69. The highest BCUT2D eigenvalue weighted by Gasteiger charge is 2.17. The molecule has 0 aromatic heterocycles. The Bertz CT molecular complexity index is 243. The zero-order valence-electron chi connectivity index (χ0n) is 8.36. The van der Waals surface area contributed by atoms with Gasteiger partial charge in [-0.1, -0.05) is 6.08 Å². The van der Waals surface area contributed by atoms with Gasteiger partial charge < -0.3 is 9.53 Å². The number of hydrogen-bond acceptors (Lipinski definition) is 4.